The number of aromatic amines is 1. The van der Waals surface area contributed by atoms with Crippen molar-refractivity contribution in [3.05, 3.63) is 41.2 Å². The number of aromatic nitrogens is 3. The Morgan fingerprint density at radius 2 is 2.07 bits per heavy atom. The van der Waals surface area contributed by atoms with Crippen molar-refractivity contribution in [3.63, 3.8) is 0 Å². The van der Waals surface area contributed by atoms with Gasteiger partial charge in [-0.05, 0) is 13.0 Å². The maximum Gasteiger partial charge on any atom is 0.122 e. The van der Waals surface area contributed by atoms with Gasteiger partial charge in [0, 0.05) is 12.0 Å². The van der Waals surface area contributed by atoms with Crippen LogP contribution >= 0.6 is 0 Å². The molecule has 0 amide bonds. The van der Waals surface area contributed by atoms with E-state index in [1.165, 1.54) is 0 Å². The first-order valence-corrected chi connectivity index (χ1v) is 4.79. The first kappa shape index (κ1) is 9.71. The Bertz CT molecular complexity index is 451. The summed E-state index contributed by atoms with van der Waals surface area (Å²) in [5, 5.41) is 10.7. The molecule has 1 N–H and O–H groups in total. The highest BCUT2D eigenvalue weighted by Crippen LogP contribution is 2.20. The van der Waals surface area contributed by atoms with E-state index in [1.54, 1.807) is 7.11 Å². The molecule has 4 heteroatoms. The number of rotatable bonds is 3. The van der Waals surface area contributed by atoms with E-state index in [0.29, 0.717) is 0 Å². The summed E-state index contributed by atoms with van der Waals surface area (Å²) in [5.41, 5.74) is 3.01. The Hall–Kier alpha value is -1.84. The van der Waals surface area contributed by atoms with Gasteiger partial charge in [-0.15, -0.1) is 0 Å². The zero-order chi connectivity index (χ0) is 10.7. The predicted molar refractivity (Wildman–Crippen MR) is 56.9 cm³/mol. The van der Waals surface area contributed by atoms with Gasteiger partial charge in [0.1, 0.15) is 5.75 Å². The number of para-hydroxylation sites is 1. The van der Waals surface area contributed by atoms with Crippen LogP contribution in [0.4, 0.5) is 0 Å². The zero-order valence-electron chi connectivity index (χ0n) is 8.82. The zero-order valence-corrected chi connectivity index (χ0v) is 8.82. The van der Waals surface area contributed by atoms with Crippen LogP contribution in [0.3, 0.4) is 0 Å². The molecule has 15 heavy (non-hydrogen) atoms. The average molecular weight is 203 g/mol. The molecule has 1 aromatic carbocycles. The highest BCUT2D eigenvalue weighted by molar-refractivity contribution is 5.36. The third kappa shape index (κ3) is 1.98. The van der Waals surface area contributed by atoms with Crippen LogP contribution in [0, 0.1) is 6.92 Å². The lowest BCUT2D eigenvalue weighted by Crippen LogP contribution is -1.95. The monoisotopic (exact) mass is 203 g/mol. The standard InChI is InChI=1S/C11H13N3O/c1-8-10(13-14-12-8)7-9-5-3-4-6-11(9)15-2/h3-6H,7H2,1-2H3,(H,12,13,14). The van der Waals surface area contributed by atoms with E-state index in [0.717, 1.165) is 29.1 Å². The van der Waals surface area contributed by atoms with Gasteiger partial charge in [-0.3, -0.25) is 0 Å². The molecule has 0 saturated heterocycles. The SMILES string of the molecule is COc1ccccc1Cc1n[nH]nc1C. The molecule has 0 radical (unpaired) electrons. The number of benzene rings is 1. The molecule has 0 atom stereocenters. The van der Waals surface area contributed by atoms with Gasteiger partial charge in [-0.25, -0.2) is 0 Å². The maximum atomic E-state index is 5.28. The summed E-state index contributed by atoms with van der Waals surface area (Å²) in [6.45, 7) is 1.94. The van der Waals surface area contributed by atoms with Crippen molar-refractivity contribution in [2.45, 2.75) is 13.3 Å². The molecule has 78 valence electrons. The summed E-state index contributed by atoms with van der Waals surface area (Å²) in [7, 11) is 1.68. The normalized spacial score (nSPS) is 10.3. The largest absolute Gasteiger partial charge is 0.496 e. The van der Waals surface area contributed by atoms with Crippen molar-refractivity contribution in [1.82, 2.24) is 15.4 Å². The third-order valence-corrected chi connectivity index (χ3v) is 2.37. The van der Waals surface area contributed by atoms with Crippen molar-refractivity contribution in [2.24, 2.45) is 0 Å². The number of ether oxygens (including phenoxy) is 1. The van der Waals surface area contributed by atoms with Gasteiger partial charge in [0.15, 0.2) is 0 Å². The van der Waals surface area contributed by atoms with Crippen LogP contribution in [-0.2, 0) is 6.42 Å². The molecule has 0 unspecified atom stereocenters. The molecule has 4 nitrogen and oxygen atoms in total. The summed E-state index contributed by atoms with van der Waals surface area (Å²) >= 11 is 0. The molecular weight excluding hydrogens is 190 g/mol. The van der Waals surface area contributed by atoms with Gasteiger partial charge in [0.25, 0.3) is 0 Å². The number of aryl methyl sites for hydroxylation is 1. The summed E-state index contributed by atoms with van der Waals surface area (Å²) in [6, 6.07) is 7.93. The van der Waals surface area contributed by atoms with Crippen LogP contribution in [0.15, 0.2) is 24.3 Å². The summed E-state index contributed by atoms with van der Waals surface area (Å²) in [6.07, 6.45) is 0.742. The van der Waals surface area contributed by atoms with Crippen LogP contribution in [0.2, 0.25) is 0 Å². The van der Waals surface area contributed by atoms with Gasteiger partial charge in [-0.2, -0.15) is 15.4 Å². The summed E-state index contributed by atoms with van der Waals surface area (Å²) < 4.78 is 5.28. The van der Waals surface area contributed by atoms with Crippen molar-refractivity contribution >= 4 is 0 Å². The second-order valence-corrected chi connectivity index (χ2v) is 3.34. The Balaban J connectivity index is 2.28. The molecule has 0 aliphatic carbocycles. The van der Waals surface area contributed by atoms with Gasteiger partial charge in [0.05, 0.1) is 18.5 Å². The number of H-pyrrole nitrogens is 1. The van der Waals surface area contributed by atoms with Gasteiger partial charge < -0.3 is 4.74 Å². The fourth-order valence-corrected chi connectivity index (χ4v) is 1.50. The predicted octanol–water partition coefficient (Wildman–Crippen LogP) is 1.71. The van der Waals surface area contributed by atoms with Crippen molar-refractivity contribution < 1.29 is 4.74 Å². The molecule has 1 aromatic heterocycles. The van der Waals surface area contributed by atoms with Crippen LogP contribution in [-0.4, -0.2) is 22.5 Å². The van der Waals surface area contributed by atoms with Crippen LogP contribution in [0.5, 0.6) is 5.75 Å². The molecule has 0 saturated carbocycles. The Labute approximate surface area is 88.3 Å². The van der Waals surface area contributed by atoms with E-state index in [4.69, 9.17) is 4.74 Å². The van der Waals surface area contributed by atoms with Crippen LogP contribution in [0.25, 0.3) is 0 Å². The van der Waals surface area contributed by atoms with Crippen LogP contribution < -0.4 is 4.74 Å². The van der Waals surface area contributed by atoms with E-state index < -0.39 is 0 Å². The van der Waals surface area contributed by atoms with E-state index in [9.17, 15) is 0 Å². The van der Waals surface area contributed by atoms with Crippen molar-refractivity contribution in [3.8, 4) is 5.75 Å². The van der Waals surface area contributed by atoms with E-state index in [1.807, 2.05) is 31.2 Å². The van der Waals surface area contributed by atoms with Gasteiger partial charge >= 0.3 is 0 Å². The lowest BCUT2D eigenvalue weighted by Gasteiger charge is -2.06. The molecule has 0 aliphatic heterocycles. The number of methoxy groups -OCH3 is 1. The molecule has 0 fully saturated rings. The van der Waals surface area contributed by atoms with Crippen molar-refractivity contribution in [1.29, 1.82) is 0 Å². The topological polar surface area (TPSA) is 50.8 Å². The van der Waals surface area contributed by atoms with E-state index in [2.05, 4.69) is 15.4 Å². The first-order chi connectivity index (χ1) is 7.31. The molecule has 2 rings (SSSR count). The number of hydrogen-bond acceptors (Lipinski definition) is 3. The Morgan fingerprint density at radius 1 is 1.27 bits per heavy atom. The maximum absolute atomic E-state index is 5.28. The Kier molecular flexibility index (Phi) is 2.67. The lowest BCUT2D eigenvalue weighted by atomic mass is 10.1. The number of nitrogens with one attached hydrogen (secondary N) is 1. The van der Waals surface area contributed by atoms with E-state index >= 15 is 0 Å². The minimum Gasteiger partial charge on any atom is -0.496 e. The molecule has 0 bridgehead atoms. The van der Waals surface area contributed by atoms with Gasteiger partial charge in [0.2, 0.25) is 0 Å². The molecule has 2 aromatic rings. The quantitative estimate of drug-likeness (QED) is 0.826. The average Bonchev–Trinajstić information content (AvgIpc) is 2.65. The lowest BCUT2D eigenvalue weighted by molar-refractivity contribution is 0.410. The first-order valence-electron chi connectivity index (χ1n) is 4.79. The summed E-state index contributed by atoms with van der Waals surface area (Å²) in [5.74, 6) is 0.889. The Morgan fingerprint density at radius 3 is 2.73 bits per heavy atom. The number of nitrogens with zero attached hydrogens (tertiary/aromatic N) is 2. The smallest absolute Gasteiger partial charge is 0.122 e. The van der Waals surface area contributed by atoms with Gasteiger partial charge in [-0.1, -0.05) is 18.2 Å². The molecular formula is C11H13N3O. The summed E-state index contributed by atoms with van der Waals surface area (Å²) in [4.78, 5) is 0. The fraction of sp³-hybridized carbons (Fsp3) is 0.273. The third-order valence-electron chi connectivity index (χ3n) is 2.37. The minimum absolute atomic E-state index is 0.742. The second kappa shape index (κ2) is 4.13. The van der Waals surface area contributed by atoms with E-state index in [-0.39, 0.29) is 0 Å². The second-order valence-electron chi connectivity index (χ2n) is 3.34. The van der Waals surface area contributed by atoms with Crippen LogP contribution in [0.1, 0.15) is 17.0 Å². The van der Waals surface area contributed by atoms with Crippen molar-refractivity contribution in [2.75, 3.05) is 7.11 Å². The number of hydrogen-bond donors (Lipinski definition) is 1. The molecule has 0 spiro atoms. The minimum atomic E-state index is 0.742. The highest BCUT2D eigenvalue weighted by atomic mass is 16.5. The highest BCUT2D eigenvalue weighted by Gasteiger charge is 2.07. The molecule has 0 aliphatic rings. The molecule has 1 heterocycles. The fourth-order valence-electron chi connectivity index (χ4n) is 1.50.